The van der Waals surface area contributed by atoms with Crippen molar-refractivity contribution in [2.24, 2.45) is 5.73 Å². The summed E-state index contributed by atoms with van der Waals surface area (Å²) >= 11 is 3.45. The van der Waals surface area contributed by atoms with Gasteiger partial charge in [0.05, 0.1) is 6.61 Å². The number of benzene rings is 1. The molecule has 4 heteroatoms. The van der Waals surface area contributed by atoms with E-state index in [-0.39, 0.29) is 0 Å². The van der Waals surface area contributed by atoms with Crippen molar-refractivity contribution in [3.8, 4) is 5.75 Å². The van der Waals surface area contributed by atoms with Crippen LogP contribution in [0.25, 0.3) is 0 Å². The molecule has 0 radical (unpaired) electrons. The number of hydrogen-bond donors (Lipinski definition) is 1. The Morgan fingerprint density at radius 1 is 1.50 bits per heavy atom. The molecule has 1 aliphatic heterocycles. The Balaban J connectivity index is 1.86. The second kappa shape index (κ2) is 6.55. The van der Waals surface area contributed by atoms with E-state index in [1.807, 2.05) is 18.2 Å². The topological polar surface area (TPSA) is 38.5 Å². The van der Waals surface area contributed by atoms with E-state index >= 15 is 0 Å². The number of halogens is 1. The molecule has 1 aromatic carbocycles. The fourth-order valence-corrected chi connectivity index (χ4v) is 2.91. The quantitative estimate of drug-likeness (QED) is 0.908. The number of rotatable bonds is 5. The Kier molecular flexibility index (Phi) is 5.03. The number of ether oxygens (including phenoxy) is 1. The molecule has 2 N–H and O–H groups in total. The van der Waals surface area contributed by atoms with Gasteiger partial charge in [-0.25, -0.2) is 0 Å². The van der Waals surface area contributed by atoms with Crippen LogP contribution in [0.15, 0.2) is 22.7 Å². The van der Waals surface area contributed by atoms with Gasteiger partial charge < -0.3 is 15.4 Å². The van der Waals surface area contributed by atoms with Crippen molar-refractivity contribution in [1.82, 2.24) is 4.90 Å². The van der Waals surface area contributed by atoms with E-state index in [1.165, 1.54) is 19.4 Å². The summed E-state index contributed by atoms with van der Waals surface area (Å²) in [6, 6.07) is 6.69. The van der Waals surface area contributed by atoms with Crippen LogP contribution < -0.4 is 10.5 Å². The number of hydrogen-bond acceptors (Lipinski definition) is 3. The van der Waals surface area contributed by atoms with Crippen LogP contribution in [0.2, 0.25) is 0 Å². The molecule has 0 aliphatic carbocycles. The monoisotopic (exact) mass is 312 g/mol. The molecule has 1 fully saturated rings. The van der Waals surface area contributed by atoms with Crippen LogP contribution in [0.5, 0.6) is 5.75 Å². The molecule has 1 heterocycles. The third-order valence-corrected chi connectivity index (χ3v) is 4.12. The third kappa shape index (κ3) is 3.46. The molecule has 3 nitrogen and oxygen atoms in total. The van der Waals surface area contributed by atoms with Gasteiger partial charge in [0.2, 0.25) is 0 Å². The van der Waals surface area contributed by atoms with Gasteiger partial charge in [-0.05, 0) is 51.1 Å². The van der Waals surface area contributed by atoms with Gasteiger partial charge in [-0.15, -0.1) is 0 Å². The molecule has 0 spiro atoms. The van der Waals surface area contributed by atoms with Crippen molar-refractivity contribution in [1.29, 1.82) is 0 Å². The molecule has 0 amide bonds. The predicted molar refractivity (Wildman–Crippen MR) is 77.8 cm³/mol. The third-order valence-electron chi connectivity index (χ3n) is 3.62. The Bertz CT molecular complexity index is 397. The highest BCUT2D eigenvalue weighted by Gasteiger charge is 2.20. The van der Waals surface area contributed by atoms with E-state index in [2.05, 4.69) is 27.9 Å². The summed E-state index contributed by atoms with van der Waals surface area (Å²) in [6.45, 7) is 2.50. The second-order valence-electron chi connectivity index (χ2n) is 4.87. The van der Waals surface area contributed by atoms with Crippen molar-refractivity contribution in [3.05, 3.63) is 28.2 Å². The maximum Gasteiger partial charge on any atom is 0.123 e. The average molecular weight is 313 g/mol. The Hall–Kier alpha value is -0.580. The van der Waals surface area contributed by atoms with Gasteiger partial charge in [-0.3, -0.25) is 0 Å². The first-order valence-corrected chi connectivity index (χ1v) is 7.31. The van der Waals surface area contributed by atoms with Crippen molar-refractivity contribution in [2.45, 2.75) is 31.8 Å². The molecular weight excluding hydrogens is 292 g/mol. The standard InChI is InChI=1S/C14H21BrN2O/c1-17-7-2-3-13(17)6-8-18-14-5-4-12(15)9-11(14)10-16/h4-5,9,13H,2-3,6-8,10,16H2,1H3. The van der Waals surface area contributed by atoms with E-state index in [0.717, 1.165) is 28.8 Å². The van der Waals surface area contributed by atoms with E-state index < -0.39 is 0 Å². The van der Waals surface area contributed by atoms with Crippen molar-refractivity contribution in [2.75, 3.05) is 20.2 Å². The SMILES string of the molecule is CN1CCCC1CCOc1ccc(Br)cc1CN. The average Bonchev–Trinajstić information content (AvgIpc) is 2.77. The molecule has 1 aliphatic rings. The number of likely N-dealkylation sites (tertiary alicyclic amines) is 1. The lowest BCUT2D eigenvalue weighted by molar-refractivity contribution is 0.232. The second-order valence-corrected chi connectivity index (χ2v) is 5.79. The van der Waals surface area contributed by atoms with Gasteiger partial charge in [0, 0.05) is 22.6 Å². The van der Waals surface area contributed by atoms with Crippen LogP contribution in [0, 0.1) is 0 Å². The fourth-order valence-electron chi connectivity index (χ4n) is 2.50. The summed E-state index contributed by atoms with van der Waals surface area (Å²) in [5, 5.41) is 0. The highest BCUT2D eigenvalue weighted by molar-refractivity contribution is 9.10. The Labute approximate surface area is 117 Å². The molecule has 0 bridgehead atoms. The Morgan fingerprint density at radius 2 is 2.33 bits per heavy atom. The van der Waals surface area contributed by atoms with Crippen LogP contribution in [-0.4, -0.2) is 31.1 Å². The maximum absolute atomic E-state index is 5.87. The van der Waals surface area contributed by atoms with Gasteiger partial charge in [0.25, 0.3) is 0 Å². The molecular formula is C14H21BrN2O. The van der Waals surface area contributed by atoms with Crippen molar-refractivity contribution in [3.63, 3.8) is 0 Å². The van der Waals surface area contributed by atoms with Crippen LogP contribution >= 0.6 is 15.9 Å². The minimum atomic E-state index is 0.512. The lowest BCUT2D eigenvalue weighted by Crippen LogP contribution is -2.26. The molecule has 1 aromatic rings. The number of nitrogens with zero attached hydrogens (tertiary/aromatic N) is 1. The molecule has 2 rings (SSSR count). The Morgan fingerprint density at radius 3 is 3.00 bits per heavy atom. The van der Waals surface area contributed by atoms with Gasteiger partial charge in [0.15, 0.2) is 0 Å². The van der Waals surface area contributed by atoms with Crippen molar-refractivity contribution < 1.29 is 4.74 Å². The van der Waals surface area contributed by atoms with E-state index in [9.17, 15) is 0 Å². The van der Waals surface area contributed by atoms with Gasteiger partial charge in [-0.2, -0.15) is 0 Å². The molecule has 18 heavy (non-hydrogen) atoms. The predicted octanol–water partition coefficient (Wildman–Crippen LogP) is 2.77. The first-order valence-electron chi connectivity index (χ1n) is 6.52. The summed E-state index contributed by atoms with van der Waals surface area (Å²) in [5.74, 6) is 0.918. The zero-order chi connectivity index (χ0) is 13.0. The van der Waals surface area contributed by atoms with E-state index in [1.54, 1.807) is 0 Å². The normalized spacial score (nSPS) is 20.3. The lowest BCUT2D eigenvalue weighted by Gasteiger charge is -2.19. The summed E-state index contributed by atoms with van der Waals surface area (Å²) < 4.78 is 6.91. The first-order chi connectivity index (χ1) is 8.70. The zero-order valence-corrected chi connectivity index (χ0v) is 12.4. The lowest BCUT2D eigenvalue weighted by atomic mass is 10.1. The fraction of sp³-hybridized carbons (Fsp3) is 0.571. The summed E-state index contributed by atoms with van der Waals surface area (Å²) in [7, 11) is 2.20. The minimum Gasteiger partial charge on any atom is -0.493 e. The van der Waals surface area contributed by atoms with Gasteiger partial charge >= 0.3 is 0 Å². The first kappa shape index (κ1) is 13.8. The smallest absolute Gasteiger partial charge is 0.123 e. The summed E-state index contributed by atoms with van der Waals surface area (Å²) in [6.07, 6.45) is 3.70. The van der Waals surface area contributed by atoms with Gasteiger partial charge in [-0.1, -0.05) is 15.9 Å². The molecule has 0 saturated carbocycles. The minimum absolute atomic E-state index is 0.512. The summed E-state index contributed by atoms with van der Waals surface area (Å²) in [4.78, 5) is 2.43. The van der Waals surface area contributed by atoms with Crippen LogP contribution in [0.3, 0.4) is 0 Å². The van der Waals surface area contributed by atoms with E-state index in [4.69, 9.17) is 10.5 Å². The number of nitrogens with two attached hydrogens (primary N) is 1. The van der Waals surface area contributed by atoms with Crippen molar-refractivity contribution >= 4 is 15.9 Å². The largest absolute Gasteiger partial charge is 0.493 e. The van der Waals surface area contributed by atoms with Crippen LogP contribution in [-0.2, 0) is 6.54 Å². The molecule has 0 aromatic heterocycles. The van der Waals surface area contributed by atoms with E-state index in [0.29, 0.717) is 12.6 Å². The molecule has 1 atom stereocenters. The van der Waals surface area contributed by atoms with Crippen LogP contribution in [0.1, 0.15) is 24.8 Å². The highest BCUT2D eigenvalue weighted by Crippen LogP contribution is 2.24. The molecule has 1 unspecified atom stereocenters. The molecule has 1 saturated heterocycles. The maximum atomic E-state index is 5.87. The zero-order valence-electron chi connectivity index (χ0n) is 10.9. The summed E-state index contributed by atoms with van der Waals surface area (Å²) in [5.41, 5.74) is 6.79. The van der Waals surface area contributed by atoms with Gasteiger partial charge in [0.1, 0.15) is 5.75 Å². The molecule has 100 valence electrons. The highest BCUT2D eigenvalue weighted by atomic mass is 79.9. The van der Waals surface area contributed by atoms with Crippen LogP contribution in [0.4, 0.5) is 0 Å².